The van der Waals surface area contributed by atoms with Gasteiger partial charge in [0.2, 0.25) is 0 Å². The zero-order chi connectivity index (χ0) is 23.8. The fourth-order valence-electron chi connectivity index (χ4n) is 4.09. The lowest BCUT2D eigenvalue weighted by atomic mass is 10.1. The third-order valence-electron chi connectivity index (χ3n) is 5.47. The quantitative estimate of drug-likeness (QED) is 0.559. The molecule has 1 fully saturated rings. The van der Waals surface area contributed by atoms with Gasteiger partial charge < -0.3 is 20.4 Å². The number of nitrogens with two attached hydrogens (primary N) is 1. The topological polar surface area (TPSA) is 122 Å². The molecular weight excluding hydrogens is 442 g/mol. The summed E-state index contributed by atoms with van der Waals surface area (Å²) in [5, 5.41) is 0.680. The van der Waals surface area contributed by atoms with Crippen molar-refractivity contribution in [1.29, 1.82) is 0 Å². The van der Waals surface area contributed by atoms with Crippen LogP contribution < -0.4 is 10.0 Å². The van der Waals surface area contributed by atoms with Crippen LogP contribution in [0.25, 0.3) is 11.0 Å². The van der Waals surface area contributed by atoms with E-state index in [4.69, 9.17) is 10.5 Å². The Bertz CT molecular complexity index is 1270. The van der Waals surface area contributed by atoms with E-state index in [0.29, 0.717) is 41.8 Å². The molecular formula is C23H29N5O4S. The number of aromatic amines is 1. The van der Waals surface area contributed by atoms with Gasteiger partial charge in [-0.15, -0.1) is 0 Å². The highest BCUT2D eigenvalue weighted by Gasteiger charge is 2.37. The molecule has 3 aromatic rings. The molecule has 3 N–H and O–H groups in total. The van der Waals surface area contributed by atoms with E-state index in [-0.39, 0.29) is 11.4 Å². The minimum Gasteiger partial charge on any atom is -0.444 e. The lowest BCUT2D eigenvalue weighted by Crippen LogP contribution is -2.52. The van der Waals surface area contributed by atoms with Crippen LogP contribution in [0.5, 0.6) is 0 Å². The summed E-state index contributed by atoms with van der Waals surface area (Å²) in [6, 6.07) is 9.24. The second kappa shape index (κ2) is 8.58. The molecule has 1 amide bonds. The van der Waals surface area contributed by atoms with E-state index in [1.54, 1.807) is 41.6 Å². The largest absolute Gasteiger partial charge is 0.444 e. The average molecular weight is 472 g/mol. The van der Waals surface area contributed by atoms with Gasteiger partial charge >= 0.3 is 6.09 Å². The second-order valence-corrected chi connectivity index (χ2v) is 11.0. The zero-order valence-electron chi connectivity index (χ0n) is 19.0. The van der Waals surface area contributed by atoms with E-state index >= 15 is 0 Å². The van der Waals surface area contributed by atoms with Gasteiger partial charge in [-0.3, -0.25) is 4.31 Å². The summed E-state index contributed by atoms with van der Waals surface area (Å²) in [4.78, 5) is 21.8. The number of carbonyl (C=O) groups excluding carboxylic acids is 1. The lowest BCUT2D eigenvalue weighted by molar-refractivity contribution is 0.0202. The molecule has 0 spiro atoms. The Hall–Kier alpha value is -3.27. The molecule has 10 heteroatoms. The maximum atomic E-state index is 14.0. The summed E-state index contributed by atoms with van der Waals surface area (Å²) >= 11 is 0. The van der Waals surface area contributed by atoms with E-state index in [2.05, 4.69) is 9.97 Å². The fourth-order valence-corrected chi connectivity index (χ4v) is 5.83. The van der Waals surface area contributed by atoms with Crippen LogP contribution in [0.4, 0.5) is 16.2 Å². The summed E-state index contributed by atoms with van der Waals surface area (Å²) < 4.78 is 34.9. The molecule has 1 aromatic carbocycles. The molecule has 176 valence electrons. The van der Waals surface area contributed by atoms with Gasteiger partial charge in [-0.1, -0.05) is 6.07 Å². The number of hydrogen-bond donors (Lipinski definition) is 2. The van der Waals surface area contributed by atoms with Gasteiger partial charge in [0.25, 0.3) is 10.0 Å². The normalized spacial score (nSPS) is 17.2. The van der Waals surface area contributed by atoms with Gasteiger partial charge in [0.15, 0.2) is 0 Å². The van der Waals surface area contributed by atoms with Gasteiger partial charge in [0.1, 0.15) is 11.2 Å². The summed E-state index contributed by atoms with van der Waals surface area (Å²) in [6.45, 7) is 6.14. The number of sulfonamides is 1. The number of aromatic nitrogens is 2. The number of amides is 1. The molecule has 0 saturated carbocycles. The number of H-pyrrole nitrogens is 1. The second-order valence-electron chi connectivity index (χ2n) is 9.17. The van der Waals surface area contributed by atoms with Crippen molar-refractivity contribution in [3.63, 3.8) is 0 Å². The molecule has 1 aliphatic rings. The van der Waals surface area contributed by atoms with E-state index in [1.165, 1.54) is 16.4 Å². The number of likely N-dealkylation sites (tertiary alicyclic amines) is 1. The number of anilines is 2. The number of pyridine rings is 1. The average Bonchev–Trinajstić information content (AvgIpc) is 3.23. The van der Waals surface area contributed by atoms with Crippen molar-refractivity contribution in [2.24, 2.45) is 0 Å². The third kappa shape index (κ3) is 4.75. The number of nitrogen functional groups attached to an aromatic ring is 1. The summed E-state index contributed by atoms with van der Waals surface area (Å²) in [5.74, 6) is 0. The van der Waals surface area contributed by atoms with Crippen molar-refractivity contribution in [2.45, 2.75) is 50.2 Å². The van der Waals surface area contributed by atoms with Crippen LogP contribution in [0.15, 0.2) is 53.7 Å². The number of benzene rings is 1. The number of piperidine rings is 1. The number of hydrogen-bond acceptors (Lipinski definition) is 6. The Labute approximate surface area is 193 Å². The Kier molecular flexibility index (Phi) is 5.96. The van der Waals surface area contributed by atoms with E-state index in [0.717, 1.165) is 0 Å². The molecule has 0 unspecified atom stereocenters. The first kappa shape index (κ1) is 22.9. The van der Waals surface area contributed by atoms with E-state index in [9.17, 15) is 13.2 Å². The predicted octanol–water partition coefficient (Wildman–Crippen LogP) is 3.74. The molecule has 0 aliphatic carbocycles. The SMILES string of the molecule is CC(C)(C)OC(=O)N1CCC[C@@H](N(c2ccnc3[nH]ccc23)S(=O)(=O)c2cccc(N)c2)C1. The Morgan fingerprint density at radius 2 is 2.06 bits per heavy atom. The molecule has 0 bridgehead atoms. The Morgan fingerprint density at radius 1 is 1.27 bits per heavy atom. The molecule has 1 aliphatic heterocycles. The van der Waals surface area contributed by atoms with Gasteiger partial charge in [-0.25, -0.2) is 18.2 Å². The van der Waals surface area contributed by atoms with Crippen LogP contribution in [0, 0.1) is 0 Å². The molecule has 4 rings (SSSR count). The molecule has 2 aromatic heterocycles. The number of nitrogens with one attached hydrogen (secondary N) is 1. The predicted molar refractivity (Wildman–Crippen MR) is 127 cm³/mol. The molecule has 1 atom stereocenters. The van der Waals surface area contributed by atoms with Gasteiger partial charge in [0, 0.05) is 36.6 Å². The van der Waals surface area contributed by atoms with E-state index in [1.807, 2.05) is 20.8 Å². The Morgan fingerprint density at radius 3 is 2.79 bits per heavy atom. The smallest absolute Gasteiger partial charge is 0.410 e. The first-order chi connectivity index (χ1) is 15.6. The van der Waals surface area contributed by atoms with Crippen molar-refractivity contribution in [1.82, 2.24) is 14.9 Å². The molecule has 0 radical (unpaired) electrons. The van der Waals surface area contributed by atoms with E-state index < -0.39 is 27.8 Å². The van der Waals surface area contributed by atoms with Crippen LogP contribution >= 0.6 is 0 Å². The van der Waals surface area contributed by atoms with Crippen molar-refractivity contribution >= 4 is 38.5 Å². The Balaban J connectivity index is 1.78. The minimum atomic E-state index is -4.00. The van der Waals surface area contributed by atoms with Crippen molar-refractivity contribution in [3.8, 4) is 0 Å². The standard InChI is InChI=1S/C23H29N5O4S/c1-23(2,3)32-22(29)27-13-5-7-17(15-27)28(20-10-12-26-21-19(20)9-11-25-21)33(30,31)18-8-4-6-16(24)14-18/h4,6,8-12,14,17H,5,7,13,15,24H2,1-3H3,(H,25,26)/t17-/m1/s1. The maximum Gasteiger partial charge on any atom is 0.410 e. The first-order valence-electron chi connectivity index (χ1n) is 10.9. The molecule has 1 saturated heterocycles. The maximum absolute atomic E-state index is 14.0. The highest BCUT2D eigenvalue weighted by atomic mass is 32.2. The van der Waals surface area contributed by atoms with Gasteiger partial charge in [0.05, 0.1) is 16.6 Å². The molecule has 33 heavy (non-hydrogen) atoms. The summed E-state index contributed by atoms with van der Waals surface area (Å²) in [6.07, 6.45) is 4.09. The van der Waals surface area contributed by atoms with Gasteiger partial charge in [-0.2, -0.15) is 0 Å². The third-order valence-corrected chi connectivity index (χ3v) is 7.33. The highest BCUT2D eigenvalue weighted by molar-refractivity contribution is 7.92. The van der Waals surface area contributed by atoms with Crippen LogP contribution in [-0.4, -0.2) is 54.1 Å². The number of nitrogens with zero attached hydrogens (tertiary/aromatic N) is 3. The van der Waals surface area contributed by atoms with Crippen molar-refractivity contribution in [2.75, 3.05) is 23.1 Å². The van der Waals surface area contributed by atoms with Crippen LogP contribution in [-0.2, 0) is 14.8 Å². The monoisotopic (exact) mass is 471 g/mol. The number of ether oxygens (including phenoxy) is 1. The van der Waals surface area contributed by atoms with Crippen LogP contribution in [0.2, 0.25) is 0 Å². The first-order valence-corrected chi connectivity index (χ1v) is 12.3. The van der Waals surface area contributed by atoms with Gasteiger partial charge in [-0.05, 0) is 63.9 Å². The zero-order valence-corrected chi connectivity index (χ0v) is 19.8. The van der Waals surface area contributed by atoms with Crippen LogP contribution in [0.3, 0.4) is 0 Å². The lowest BCUT2D eigenvalue weighted by Gasteiger charge is -2.40. The highest BCUT2D eigenvalue weighted by Crippen LogP contribution is 2.34. The number of fused-ring (bicyclic) bond motifs is 1. The summed E-state index contributed by atoms with van der Waals surface area (Å²) in [7, 11) is -4.00. The van der Waals surface area contributed by atoms with Crippen molar-refractivity contribution in [3.05, 3.63) is 48.8 Å². The fraction of sp³-hybridized carbons (Fsp3) is 0.391. The van der Waals surface area contributed by atoms with Crippen molar-refractivity contribution < 1.29 is 17.9 Å². The number of carbonyl (C=O) groups is 1. The van der Waals surface area contributed by atoms with Crippen LogP contribution in [0.1, 0.15) is 33.6 Å². The summed E-state index contributed by atoms with van der Waals surface area (Å²) in [5.41, 5.74) is 6.70. The minimum absolute atomic E-state index is 0.0948. The molecule has 9 nitrogen and oxygen atoms in total. The number of rotatable bonds is 4. The molecule has 3 heterocycles.